The van der Waals surface area contributed by atoms with E-state index in [0.717, 1.165) is 0 Å². The van der Waals surface area contributed by atoms with Crippen molar-refractivity contribution in [2.24, 2.45) is 0 Å². The minimum absolute atomic E-state index is 0.168. The maximum absolute atomic E-state index is 9.92. The molecule has 0 radical (unpaired) electrons. The molecular formula is C12H22O10. The van der Waals surface area contributed by atoms with E-state index in [0.29, 0.717) is 0 Å². The van der Waals surface area contributed by atoms with E-state index in [2.05, 4.69) is 0 Å². The average Bonchev–Trinajstić information content (AvgIpc) is 2.49. The average molecular weight is 326 g/mol. The van der Waals surface area contributed by atoms with Gasteiger partial charge in [-0.3, -0.25) is 0 Å². The predicted molar refractivity (Wildman–Crippen MR) is 67.2 cm³/mol. The van der Waals surface area contributed by atoms with Crippen molar-refractivity contribution in [2.45, 2.75) is 61.7 Å². The second-order valence-electron chi connectivity index (χ2n) is 5.41. The zero-order chi connectivity index (χ0) is 16.4. The molecule has 0 aromatic rings. The van der Waals surface area contributed by atoms with E-state index in [9.17, 15) is 30.6 Å². The van der Waals surface area contributed by atoms with E-state index in [1.165, 1.54) is 0 Å². The van der Waals surface area contributed by atoms with Gasteiger partial charge in [-0.15, -0.1) is 0 Å². The van der Waals surface area contributed by atoms with Gasteiger partial charge in [-0.05, 0) is 0 Å². The van der Waals surface area contributed by atoms with Crippen LogP contribution in [0.2, 0.25) is 0 Å². The zero-order valence-corrected chi connectivity index (χ0v) is 11.7. The minimum atomic E-state index is -1.63. The Morgan fingerprint density at radius 1 is 0.818 bits per heavy atom. The molecule has 2 aliphatic heterocycles. The van der Waals surface area contributed by atoms with Crippen LogP contribution in [-0.2, 0) is 14.2 Å². The summed E-state index contributed by atoms with van der Waals surface area (Å²) < 4.78 is 15.5. The van der Waals surface area contributed by atoms with Crippen LogP contribution in [0.3, 0.4) is 0 Å². The van der Waals surface area contributed by atoms with Gasteiger partial charge in [-0.1, -0.05) is 0 Å². The Morgan fingerprint density at radius 3 is 2.05 bits per heavy atom. The number of hydrogen-bond donors (Lipinski definition) is 7. The molecule has 0 bridgehead atoms. The molecule has 7 N–H and O–H groups in total. The Hall–Kier alpha value is -0.400. The first-order valence-electron chi connectivity index (χ1n) is 6.97. The molecule has 0 amide bonds. The summed E-state index contributed by atoms with van der Waals surface area (Å²) in [5, 5.41) is 66.8. The first-order chi connectivity index (χ1) is 10.4. The summed E-state index contributed by atoms with van der Waals surface area (Å²) in [7, 11) is 0. The highest BCUT2D eigenvalue weighted by Gasteiger charge is 2.47. The first kappa shape index (κ1) is 17.9. The molecule has 2 aliphatic rings. The maximum Gasteiger partial charge on any atom is 0.187 e. The normalized spacial score (nSPS) is 50.0. The van der Waals surface area contributed by atoms with Crippen molar-refractivity contribution in [1.82, 2.24) is 0 Å². The smallest absolute Gasteiger partial charge is 0.187 e. The van der Waals surface area contributed by atoms with E-state index in [1.54, 1.807) is 0 Å². The highest BCUT2D eigenvalue weighted by molar-refractivity contribution is 4.91. The summed E-state index contributed by atoms with van der Waals surface area (Å²) >= 11 is 0. The van der Waals surface area contributed by atoms with Crippen molar-refractivity contribution < 1.29 is 50.0 Å². The van der Waals surface area contributed by atoms with Crippen LogP contribution in [0.4, 0.5) is 0 Å². The molecule has 1 unspecified atom stereocenters. The molecule has 2 heterocycles. The molecule has 130 valence electrons. The van der Waals surface area contributed by atoms with Crippen molar-refractivity contribution >= 4 is 0 Å². The standard InChI is InChI=1S/C12H22O10/c13-2-5-8(17)9(18)10(19)12(21-5)22-11-4(15)1-7(16)20-6(11)3-14/h4-19H,1-3H2/t4-,5-,6-,7?,8+,9+,10-,11+,12+/m1/s1. The van der Waals surface area contributed by atoms with Crippen LogP contribution in [0.1, 0.15) is 6.42 Å². The Labute approximate surface area is 126 Å². The zero-order valence-electron chi connectivity index (χ0n) is 11.7. The lowest BCUT2D eigenvalue weighted by Gasteiger charge is -2.44. The van der Waals surface area contributed by atoms with Gasteiger partial charge in [0.2, 0.25) is 0 Å². The van der Waals surface area contributed by atoms with E-state index in [1.807, 2.05) is 0 Å². The summed E-state index contributed by atoms with van der Waals surface area (Å²) in [4.78, 5) is 0. The van der Waals surface area contributed by atoms with E-state index >= 15 is 0 Å². The van der Waals surface area contributed by atoms with Gasteiger partial charge in [-0.2, -0.15) is 0 Å². The van der Waals surface area contributed by atoms with Gasteiger partial charge in [0.1, 0.15) is 36.6 Å². The van der Waals surface area contributed by atoms with Crippen LogP contribution in [0, 0.1) is 0 Å². The second kappa shape index (κ2) is 7.45. The molecule has 0 aliphatic carbocycles. The lowest BCUT2D eigenvalue weighted by molar-refractivity contribution is -0.342. The van der Waals surface area contributed by atoms with Gasteiger partial charge in [0.05, 0.1) is 19.3 Å². The Bertz CT molecular complexity index is 353. The number of hydrogen-bond acceptors (Lipinski definition) is 10. The molecule has 10 heteroatoms. The summed E-state index contributed by atoms with van der Waals surface area (Å²) in [6.45, 7) is -1.17. The molecule has 9 atom stereocenters. The predicted octanol–water partition coefficient (Wildman–Crippen LogP) is -4.37. The highest BCUT2D eigenvalue weighted by Crippen LogP contribution is 2.28. The molecule has 0 spiro atoms. The maximum atomic E-state index is 9.92. The number of aliphatic hydroxyl groups is 7. The SMILES string of the molecule is OC[C@H]1O[C@@H](O[C@H]2[C@H](O)CC(O)O[C@@H]2CO)[C@H](O)[C@@H](O)[C@H]1O. The van der Waals surface area contributed by atoms with Gasteiger partial charge in [0.25, 0.3) is 0 Å². The summed E-state index contributed by atoms with van der Waals surface area (Å²) in [6, 6.07) is 0. The molecule has 0 saturated carbocycles. The van der Waals surface area contributed by atoms with Crippen LogP contribution in [0.5, 0.6) is 0 Å². The Kier molecular flexibility index (Phi) is 6.07. The van der Waals surface area contributed by atoms with Gasteiger partial charge in [-0.25, -0.2) is 0 Å². The second-order valence-corrected chi connectivity index (χ2v) is 5.41. The van der Waals surface area contributed by atoms with Crippen molar-refractivity contribution in [2.75, 3.05) is 13.2 Å². The Morgan fingerprint density at radius 2 is 1.45 bits per heavy atom. The van der Waals surface area contributed by atoms with Crippen LogP contribution in [0.25, 0.3) is 0 Å². The fraction of sp³-hybridized carbons (Fsp3) is 1.00. The lowest BCUT2D eigenvalue weighted by atomic mass is 9.98. The third-order valence-corrected chi connectivity index (χ3v) is 3.84. The van der Waals surface area contributed by atoms with E-state index < -0.39 is 68.5 Å². The van der Waals surface area contributed by atoms with Crippen molar-refractivity contribution in [3.05, 3.63) is 0 Å². The molecular weight excluding hydrogens is 304 g/mol. The van der Waals surface area contributed by atoms with E-state index in [-0.39, 0.29) is 6.42 Å². The van der Waals surface area contributed by atoms with Crippen molar-refractivity contribution in [1.29, 1.82) is 0 Å². The molecule has 0 aromatic heterocycles. The van der Waals surface area contributed by atoms with Gasteiger partial charge in [0, 0.05) is 6.42 Å². The summed E-state index contributed by atoms with van der Waals surface area (Å²) in [5.41, 5.74) is 0. The highest BCUT2D eigenvalue weighted by atomic mass is 16.7. The monoisotopic (exact) mass is 326 g/mol. The van der Waals surface area contributed by atoms with Gasteiger partial charge in [0.15, 0.2) is 12.6 Å². The van der Waals surface area contributed by atoms with Crippen LogP contribution >= 0.6 is 0 Å². The quantitative estimate of drug-likeness (QED) is 0.268. The van der Waals surface area contributed by atoms with Crippen LogP contribution in [0.15, 0.2) is 0 Å². The molecule has 2 saturated heterocycles. The summed E-state index contributed by atoms with van der Waals surface area (Å²) in [6.07, 6.45) is -12.2. The third kappa shape index (κ3) is 3.57. The lowest BCUT2D eigenvalue weighted by Crippen LogP contribution is -2.62. The number of ether oxygens (including phenoxy) is 3. The fourth-order valence-electron chi connectivity index (χ4n) is 2.58. The first-order valence-corrected chi connectivity index (χ1v) is 6.97. The topological polar surface area (TPSA) is 169 Å². The number of aliphatic hydroxyl groups excluding tert-OH is 7. The molecule has 2 rings (SSSR count). The molecule has 10 nitrogen and oxygen atoms in total. The van der Waals surface area contributed by atoms with E-state index in [4.69, 9.17) is 19.3 Å². The van der Waals surface area contributed by atoms with Gasteiger partial charge < -0.3 is 50.0 Å². The minimum Gasteiger partial charge on any atom is -0.394 e. The molecule has 0 aromatic carbocycles. The van der Waals surface area contributed by atoms with Crippen LogP contribution < -0.4 is 0 Å². The molecule has 2 fully saturated rings. The van der Waals surface area contributed by atoms with Crippen LogP contribution in [-0.4, -0.2) is 104 Å². The summed E-state index contributed by atoms with van der Waals surface area (Å²) in [5.74, 6) is 0. The fourth-order valence-corrected chi connectivity index (χ4v) is 2.58. The van der Waals surface area contributed by atoms with Gasteiger partial charge >= 0.3 is 0 Å². The van der Waals surface area contributed by atoms with Crippen molar-refractivity contribution in [3.8, 4) is 0 Å². The third-order valence-electron chi connectivity index (χ3n) is 3.84. The molecule has 22 heavy (non-hydrogen) atoms. The largest absolute Gasteiger partial charge is 0.394 e. The number of rotatable bonds is 4. The Balaban J connectivity index is 2.07. The van der Waals surface area contributed by atoms with Crippen molar-refractivity contribution in [3.63, 3.8) is 0 Å².